The van der Waals surface area contributed by atoms with Crippen LogP contribution in [-0.4, -0.2) is 12.1 Å². The molecule has 2 heteroatoms. The second kappa shape index (κ2) is 3.69. The zero-order chi connectivity index (χ0) is 10.1. The van der Waals surface area contributed by atoms with Crippen molar-refractivity contribution in [3.05, 3.63) is 0 Å². The van der Waals surface area contributed by atoms with Gasteiger partial charge in [0.05, 0.1) is 12.0 Å². The Morgan fingerprint density at radius 2 is 2.08 bits per heavy atom. The van der Waals surface area contributed by atoms with Gasteiger partial charge in [0.15, 0.2) is 0 Å². The molecule has 0 radical (unpaired) electrons. The highest BCUT2D eigenvalue weighted by atomic mass is 16.5. The topological polar surface area (TPSA) is 26.3 Å². The van der Waals surface area contributed by atoms with Gasteiger partial charge in [-0.2, -0.15) is 0 Å². The maximum absolute atomic E-state index is 11.6. The number of carbonyl (C=O) groups is 1. The van der Waals surface area contributed by atoms with Gasteiger partial charge in [0.1, 0.15) is 0 Å². The minimum atomic E-state index is -0.00231. The molecule has 0 heterocycles. The number of hydrogen-bond donors (Lipinski definition) is 0. The van der Waals surface area contributed by atoms with E-state index in [-0.39, 0.29) is 23.4 Å². The summed E-state index contributed by atoms with van der Waals surface area (Å²) in [5.74, 6) is 0.118. The van der Waals surface area contributed by atoms with E-state index in [9.17, 15) is 4.79 Å². The van der Waals surface area contributed by atoms with Crippen LogP contribution in [0.25, 0.3) is 0 Å². The first-order valence-electron chi connectivity index (χ1n) is 5.14. The average molecular weight is 184 g/mol. The van der Waals surface area contributed by atoms with E-state index < -0.39 is 0 Å². The Hall–Kier alpha value is -0.530. The predicted octanol–water partition coefficient (Wildman–Crippen LogP) is 2.76. The van der Waals surface area contributed by atoms with Crippen LogP contribution in [0.4, 0.5) is 0 Å². The summed E-state index contributed by atoms with van der Waals surface area (Å²) in [6.45, 7) is 8.12. The van der Waals surface area contributed by atoms with E-state index in [1.54, 1.807) is 0 Å². The van der Waals surface area contributed by atoms with Crippen molar-refractivity contribution >= 4 is 5.97 Å². The lowest BCUT2D eigenvalue weighted by Crippen LogP contribution is -2.29. The van der Waals surface area contributed by atoms with Crippen molar-refractivity contribution in [3.8, 4) is 0 Å². The smallest absolute Gasteiger partial charge is 0.309 e. The van der Waals surface area contributed by atoms with Crippen LogP contribution < -0.4 is 0 Å². The van der Waals surface area contributed by atoms with E-state index in [1.807, 2.05) is 13.8 Å². The molecule has 0 saturated heterocycles. The fourth-order valence-corrected chi connectivity index (χ4v) is 2.08. The number of rotatable bonds is 2. The summed E-state index contributed by atoms with van der Waals surface area (Å²) >= 11 is 0. The largest absolute Gasteiger partial charge is 0.463 e. The van der Waals surface area contributed by atoms with Gasteiger partial charge >= 0.3 is 5.97 Å². The molecule has 0 spiro atoms. The second-order valence-corrected chi connectivity index (χ2v) is 4.92. The molecule has 2 nitrogen and oxygen atoms in total. The first-order valence-corrected chi connectivity index (χ1v) is 5.14. The van der Waals surface area contributed by atoms with Gasteiger partial charge in [-0.05, 0) is 32.1 Å². The van der Waals surface area contributed by atoms with Crippen LogP contribution in [-0.2, 0) is 9.53 Å². The standard InChI is InChI=1S/C11H20O2/c1-8(2)13-10(12)9-6-5-7-11(9,3)4/h8-9H,5-7H2,1-4H3. The Bertz CT molecular complexity index is 194. The normalized spacial score (nSPS) is 26.4. The zero-order valence-corrected chi connectivity index (χ0v) is 9.09. The molecule has 1 aliphatic carbocycles. The van der Waals surface area contributed by atoms with Crippen molar-refractivity contribution in [1.82, 2.24) is 0 Å². The summed E-state index contributed by atoms with van der Waals surface area (Å²) < 4.78 is 5.23. The molecule has 0 bridgehead atoms. The number of carbonyl (C=O) groups excluding carboxylic acids is 1. The molecule has 0 amide bonds. The number of esters is 1. The summed E-state index contributed by atoms with van der Waals surface area (Å²) in [6.07, 6.45) is 3.32. The minimum Gasteiger partial charge on any atom is -0.463 e. The van der Waals surface area contributed by atoms with Crippen molar-refractivity contribution in [2.24, 2.45) is 11.3 Å². The Labute approximate surface area is 80.7 Å². The summed E-state index contributed by atoms with van der Waals surface area (Å²) in [4.78, 5) is 11.6. The van der Waals surface area contributed by atoms with E-state index >= 15 is 0 Å². The lowest BCUT2D eigenvalue weighted by molar-refractivity contribution is -0.155. The van der Waals surface area contributed by atoms with Crippen LogP contribution >= 0.6 is 0 Å². The van der Waals surface area contributed by atoms with E-state index in [4.69, 9.17) is 4.74 Å². The SMILES string of the molecule is CC(C)OC(=O)C1CCCC1(C)C. The molecule has 13 heavy (non-hydrogen) atoms. The van der Waals surface area contributed by atoms with Crippen molar-refractivity contribution < 1.29 is 9.53 Å². The van der Waals surface area contributed by atoms with Crippen molar-refractivity contribution in [3.63, 3.8) is 0 Å². The van der Waals surface area contributed by atoms with Gasteiger partial charge in [-0.25, -0.2) is 0 Å². The van der Waals surface area contributed by atoms with Gasteiger partial charge < -0.3 is 4.74 Å². The Balaban J connectivity index is 2.56. The quantitative estimate of drug-likeness (QED) is 0.617. The average Bonchev–Trinajstić information content (AvgIpc) is 2.27. The second-order valence-electron chi connectivity index (χ2n) is 4.92. The van der Waals surface area contributed by atoms with E-state index in [0.29, 0.717) is 0 Å². The molecule has 0 N–H and O–H groups in total. The third-order valence-corrected chi connectivity index (χ3v) is 2.89. The molecule has 0 aliphatic heterocycles. The monoisotopic (exact) mass is 184 g/mol. The minimum absolute atomic E-state index is 0.00231. The van der Waals surface area contributed by atoms with Crippen LogP contribution in [0, 0.1) is 11.3 Å². The summed E-state index contributed by atoms with van der Waals surface area (Å²) in [5.41, 5.74) is 0.145. The molecule has 1 unspecified atom stereocenters. The maximum atomic E-state index is 11.6. The maximum Gasteiger partial charge on any atom is 0.309 e. The number of hydrogen-bond acceptors (Lipinski definition) is 2. The molecule has 0 aromatic heterocycles. The van der Waals surface area contributed by atoms with E-state index in [2.05, 4.69) is 13.8 Å². The van der Waals surface area contributed by atoms with Gasteiger partial charge in [-0.15, -0.1) is 0 Å². The van der Waals surface area contributed by atoms with Crippen molar-refractivity contribution in [2.75, 3.05) is 0 Å². The number of ether oxygens (including phenoxy) is 1. The van der Waals surface area contributed by atoms with Crippen LogP contribution in [0.2, 0.25) is 0 Å². The Morgan fingerprint density at radius 1 is 1.46 bits per heavy atom. The molecular formula is C11H20O2. The third kappa shape index (κ3) is 2.45. The molecule has 1 fully saturated rings. The van der Waals surface area contributed by atoms with Gasteiger partial charge in [0, 0.05) is 0 Å². The van der Waals surface area contributed by atoms with Crippen LogP contribution in [0.15, 0.2) is 0 Å². The summed E-state index contributed by atoms with van der Waals surface area (Å²) in [5, 5.41) is 0. The lowest BCUT2D eigenvalue weighted by Gasteiger charge is -2.25. The lowest BCUT2D eigenvalue weighted by atomic mass is 9.82. The highest BCUT2D eigenvalue weighted by Crippen LogP contribution is 2.43. The zero-order valence-electron chi connectivity index (χ0n) is 9.09. The molecule has 1 atom stereocenters. The molecule has 1 saturated carbocycles. The summed E-state index contributed by atoms with van der Waals surface area (Å²) in [7, 11) is 0. The summed E-state index contributed by atoms with van der Waals surface area (Å²) in [6, 6.07) is 0. The first-order chi connectivity index (χ1) is 5.93. The highest BCUT2D eigenvalue weighted by molar-refractivity contribution is 5.73. The van der Waals surface area contributed by atoms with Gasteiger partial charge in [0.2, 0.25) is 0 Å². The third-order valence-electron chi connectivity index (χ3n) is 2.89. The first kappa shape index (κ1) is 10.6. The van der Waals surface area contributed by atoms with Crippen LogP contribution in [0.3, 0.4) is 0 Å². The van der Waals surface area contributed by atoms with Crippen LogP contribution in [0.5, 0.6) is 0 Å². The predicted molar refractivity (Wildman–Crippen MR) is 52.4 cm³/mol. The Morgan fingerprint density at radius 3 is 2.46 bits per heavy atom. The van der Waals surface area contributed by atoms with Gasteiger partial charge in [-0.3, -0.25) is 4.79 Å². The molecule has 76 valence electrons. The van der Waals surface area contributed by atoms with Gasteiger partial charge in [-0.1, -0.05) is 20.3 Å². The molecular weight excluding hydrogens is 164 g/mol. The Kier molecular flexibility index (Phi) is 2.99. The van der Waals surface area contributed by atoms with Crippen molar-refractivity contribution in [2.45, 2.75) is 53.1 Å². The van der Waals surface area contributed by atoms with Crippen LogP contribution in [0.1, 0.15) is 47.0 Å². The molecule has 1 rings (SSSR count). The van der Waals surface area contributed by atoms with Gasteiger partial charge in [0.25, 0.3) is 0 Å². The fraction of sp³-hybridized carbons (Fsp3) is 0.909. The molecule has 0 aromatic rings. The van der Waals surface area contributed by atoms with E-state index in [1.165, 1.54) is 0 Å². The van der Waals surface area contributed by atoms with E-state index in [0.717, 1.165) is 19.3 Å². The molecule has 0 aromatic carbocycles. The van der Waals surface area contributed by atoms with Crippen molar-refractivity contribution in [1.29, 1.82) is 0 Å². The molecule has 1 aliphatic rings. The highest BCUT2D eigenvalue weighted by Gasteiger charge is 2.40. The fourth-order valence-electron chi connectivity index (χ4n) is 2.08.